The lowest BCUT2D eigenvalue weighted by atomic mass is 9.96. The molecule has 2 heterocycles. The van der Waals surface area contributed by atoms with Crippen LogP contribution in [0.25, 0.3) is 0 Å². The van der Waals surface area contributed by atoms with Crippen molar-refractivity contribution < 1.29 is 9.59 Å². The number of hydrogen-bond acceptors (Lipinski definition) is 3. The van der Waals surface area contributed by atoms with Crippen molar-refractivity contribution in [3.63, 3.8) is 0 Å². The number of piperidine rings is 2. The highest BCUT2D eigenvalue weighted by Crippen LogP contribution is 2.23. The molecule has 5 heteroatoms. The van der Waals surface area contributed by atoms with Gasteiger partial charge < -0.3 is 10.2 Å². The van der Waals surface area contributed by atoms with E-state index in [1.54, 1.807) is 0 Å². The fraction of sp³-hybridized carbons (Fsp3) is 0.636. The Morgan fingerprint density at radius 3 is 2.37 bits per heavy atom. The van der Waals surface area contributed by atoms with Crippen LogP contribution in [0, 0.1) is 5.92 Å². The molecule has 0 radical (unpaired) electrons. The summed E-state index contributed by atoms with van der Waals surface area (Å²) in [4.78, 5) is 29.6. The molecule has 1 N–H and O–H groups in total. The number of amides is 2. The summed E-state index contributed by atoms with van der Waals surface area (Å²) < 4.78 is 0. The minimum atomic E-state index is -0.0540. The highest BCUT2D eigenvalue weighted by Gasteiger charge is 2.32. The first-order chi connectivity index (χ1) is 13.2. The van der Waals surface area contributed by atoms with E-state index in [-0.39, 0.29) is 17.7 Å². The Kier molecular flexibility index (Phi) is 5.77. The van der Waals surface area contributed by atoms with Crippen molar-refractivity contribution in [1.82, 2.24) is 15.1 Å². The highest BCUT2D eigenvalue weighted by molar-refractivity contribution is 5.94. The predicted molar refractivity (Wildman–Crippen MR) is 105 cm³/mol. The van der Waals surface area contributed by atoms with Gasteiger partial charge >= 0.3 is 0 Å². The van der Waals surface area contributed by atoms with Crippen molar-refractivity contribution in [1.29, 1.82) is 0 Å². The van der Waals surface area contributed by atoms with Crippen LogP contribution in [0.15, 0.2) is 24.3 Å². The molecule has 1 saturated carbocycles. The molecule has 0 spiro atoms. The Morgan fingerprint density at radius 2 is 1.67 bits per heavy atom. The molecule has 5 nitrogen and oxygen atoms in total. The molecular weight excluding hydrogens is 338 g/mol. The van der Waals surface area contributed by atoms with Gasteiger partial charge in [-0.2, -0.15) is 0 Å². The first-order valence-electron chi connectivity index (χ1n) is 10.6. The third-order valence-corrected chi connectivity index (χ3v) is 6.06. The van der Waals surface area contributed by atoms with E-state index in [2.05, 4.69) is 22.3 Å². The van der Waals surface area contributed by atoms with E-state index >= 15 is 0 Å². The Bertz CT molecular complexity index is 663. The first kappa shape index (κ1) is 18.5. The summed E-state index contributed by atoms with van der Waals surface area (Å²) in [6.45, 7) is 4.63. The zero-order chi connectivity index (χ0) is 18.6. The molecule has 1 atom stereocenters. The first-order valence-corrected chi connectivity index (χ1v) is 10.6. The summed E-state index contributed by atoms with van der Waals surface area (Å²) in [6.07, 6.45) is 7.93. The van der Waals surface area contributed by atoms with Gasteiger partial charge in [-0.25, -0.2) is 0 Å². The van der Waals surface area contributed by atoms with Crippen molar-refractivity contribution >= 4 is 11.8 Å². The molecule has 0 aromatic heterocycles. The van der Waals surface area contributed by atoms with Crippen LogP contribution in [0.1, 0.15) is 60.9 Å². The maximum absolute atomic E-state index is 12.9. The van der Waals surface area contributed by atoms with E-state index in [1.165, 1.54) is 37.9 Å². The van der Waals surface area contributed by atoms with E-state index in [0.29, 0.717) is 12.6 Å². The lowest BCUT2D eigenvalue weighted by Crippen LogP contribution is -2.45. The van der Waals surface area contributed by atoms with E-state index in [4.69, 9.17) is 0 Å². The Balaban J connectivity index is 1.33. The number of benzene rings is 1. The van der Waals surface area contributed by atoms with E-state index < -0.39 is 0 Å². The minimum absolute atomic E-state index is 0.0540. The molecule has 3 fully saturated rings. The van der Waals surface area contributed by atoms with Crippen LogP contribution in [0.4, 0.5) is 0 Å². The summed E-state index contributed by atoms with van der Waals surface area (Å²) in [5.74, 6) is 0.136. The number of nitrogens with zero attached hydrogens (tertiary/aromatic N) is 2. The van der Waals surface area contributed by atoms with E-state index in [0.717, 1.165) is 44.3 Å². The van der Waals surface area contributed by atoms with Gasteiger partial charge in [0.25, 0.3) is 5.91 Å². The molecule has 1 aliphatic carbocycles. The van der Waals surface area contributed by atoms with E-state index in [9.17, 15) is 9.59 Å². The molecule has 1 unspecified atom stereocenters. The van der Waals surface area contributed by atoms with Gasteiger partial charge in [0.05, 0.1) is 5.92 Å². The zero-order valence-corrected chi connectivity index (χ0v) is 16.2. The lowest BCUT2D eigenvalue weighted by Gasteiger charge is -2.32. The fourth-order valence-corrected chi connectivity index (χ4v) is 4.23. The maximum Gasteiger partial charge on any atom is 0.253 e. The van der Waals surface area contributed by atoms with Gasteiger partial charge in [-0.3, -0.25) is 14.5 Å². The van der Waals surface area contributed by atoms with Gasteiger partial charge in [-0.1, -0.05) is 18.6 Å². The monoisotopic (exact) mass is 369 g/mol. The summed E-state index contributed by atoms with van der Waals surface area (Å²) >= 11 is 0. The predicted octanol–water partition coefficient (Wildman–Crippen LogP) is 2.80. The quantitative estimate of drug-likeness (QED) is 0.868. The van der Waals surface area contributed by atoms with Gasteiger partial charge in [0.2, 0.25) is 5.91 Å². The number of hydrogen-bond donors (Lipinski definition) is 1. The number of carbonyl (C=O) groups is 2. The molecule has 146 valence electrons. The van der Waals surface area contributed by atoms with Gasteiger partial charge in [-0.05, 0) is 69.3 Å². The SMILES string of the molecule is O=C(NC1CC1)C1CCCN(C(=O)c2ccc(CN3CCCCC3)cc2)C1. The molecule has 2 amide bonds. The molecule has 27 heavy (non-hydrogen) atoms. The molecule has 2 saturated heterocycles. The summed E-state index contributed by atoms with van der Waals surface area (Å²) in [5.41, 5.74) is 2.01. The fourth-order valence-electron chi connectivity index (χ4n) is 4.23. The van der Waals surface area contributed by atoms with Crippen LogP contribution >= 0.6 is 0 Å². The van der Waals surface area contributed by atoms with Crippen molar-refractivity contribution in [3.8, 4) is 0 Å². The molecular formula is C22H31N3O2. The summed E-state index contributed by atoms with van der Waals surface area (Å²) in [7, 11) is 0. The van der Waals surface area contributed by atoms with Gasteiger partial charge in [0.1, 0.15) is 0 Å². The Hall–Kier alpha value is -1.88. The van der Waals surface area contributed by atoms with Crippen molar-refractivity contribution in [2.75, 3.05) is 26.2 Å². The van der Waals surface area contributed by atoms with Crippen LogP contribution in [-0.4, -0.2) is 53.8 Å². The second-order valence-electron chi connectivity index (χ2n) is 8.41. The standard InChI is InChI=1S/C22H31N3O2/c26-21(23-20-10-11-20)19-5-4-14-25(16-19)22(27)18-8-6-17(7-9-18)15-24-12-2-1-3-13-24/h6-9,19-20H,1-5,10-16H2,(H,23,26). The lowest BCUT2D eigenvalue weighted by molar-refractivity contribution is -0.126. The third-order valence-electron chi connectivity index (χ3n) is 6.06. The minimum Gasteiger partial charge on any atom is -0.353 e. The molecule has 2 aliphatic heterocycles. The number of nitrogens with one attached hydrogen (secondary N) is 1. The molecule has 3 aliphatic rings. The number of carbonyl (C=O) groups excluding carboxylic acids is 2. The molecule has 1 aromatic rings. The Labute approximate surface area is 162 Å². The Morgan fingerprint density at radius 1 is 0.926 bits per heavy atom. The summed E-state index contributed by atoms with van der Waals surface area (Å²) in [6, 6.07) is 8.47. The molecule has 0 bridgehead atoms. The second-order valence-corrected chi connectivity index (χ2v) is 8.41. The van der Waals surface area contributed by atoms with Crippen LogP contribution in [0.5, 0.6) is 0 Å². The summed E-state index contributed by atoms with van der Waals surface area (Å²) in [5, 5.41) is 3.09. The maximum atomic E-state index is 12.9. The van der Waals surface area contributed by atoms with Crippen molar-refractivity contribution in [3.05, 3.63) is 35.4 Å². The van der Waals surface area contributed by atoms with Gasteiger partial charge in [0, 0.05) is 31.2 Å². The third kappa shape index (κ3) is 4.89. The van der Waals surface area contributed by atoms with Gasteiger partial charge in [-0.15, -0.1) is 0 Å². The van der Waals surface area contributed by atoms with E-state index in [1.807, 2.05) is 17.0 Å². The normalized spacial score (nSPS) is 23.9. The average molecular weight is 370 g/mol. The largest absolute Gasteiger partial charge is 0.353 e. The molecule has 4 rings (SSSR count). The van der Waals surface area contributed by atoms with Crippen LogP contribution in [0.3, 0.4) is 0 Å². The topological polar surface area (TPSA) is 52.7 Å². The highest BCUT2D eigenvalue weighted by atomic mass is 16.2. The molecule has 1 aromatic carbocycles. The number of likely N-dealkylation sites (tertiary alicyclic amines) is 2. The second kappa shape index (κ2) is 8.42. The van der Waals surface area contributed by atoms with Crippen LogP contribution < -0.4 is 5.32 Å². The number of rotatable bonds is 5. The van der Waals surface area contributed by atoms with Crippen molar-refractivity contribution in [2.24, 2.45) is 5.92 Å². The zero-order valence-electron chi connectivity index (χ0n) is 16.2. The van der Waals surface area contributed by atoms with Crippen LogP contribution in [0.2, 0.25) is 0 Å². The average Bonchev–Trinajstić information content (AvgIpc) is 3.53. The smallest absolute Gasteiger partial charge is 0.253 e. The van der Waals surface area contributed by atoms with Crippen molar-refractivity contribution in [2.45, 2.75) is 57.5 Å². The van der Waals surface area contributed by atoms with Crippen LogP contribution in [-0.2, 0) is 11.3 Å². The van der Waals surface area contributed by atoms with Gasteiger partial charge in [0.15, 0.2) is 0 Å².